The summed E-state index contributed by atoms with van der Waals surface area (Å²) in [6.07, 6.45) is 0.949. The lowest BCUT2D eigenvalue weighted by Crippen LogP contribution is -2.29. The van der Waals surface area contributed by atoms with Gasteiger partial charge in [0.05, 0.1) is 19.4 Å². The molecule has 1 aromatic carbocycles. The summed E-state index contributed by atoms with van der Waals surface area (Å²) in [4.78, 5) is 31.2. The second-order valence-electron chi connectivity index (χ2n) is 9.14. The quantitative estimate of drug-likeness (QED) is 0.424. The molecule has 3 rings (SSSR count). The van der Waals surface area contributed by atoms with Crippen LogP contribution in [0.1, 0.15) is 55.0 Å². The Labute approximate surface area is 200 Å². The molecule has 34 heavy (non-hydrogen) atoms. The lowest BCUT2D eigenvalue weighted by Gasteiger charge is -2.20. The number of nitrogens with zero attached hydrogens (tertiary/aromatic N) is 2. The highest BCUT2D eigenvalue weighted by Gasteiger charge is 2.31. The Hall–Kier alpha value is -3.61. The Bertz CT molecular complexity index is 1210. The first kappa shape index (κ1) is 25.0. The molecule has 0 aliphatic carbocycles. The average Bonchev–Trinajstić information content (AvgIpc) is 3.13. The molecule has 0 N–H and O–H groups in total. The van der Waals surface area contributed by atoms with Crippen LogP contribution in [0.2, 0.25) is 0 Å². The molecule has 0 aliphatic rings. The highest BCUT2D eigenvalue weighted by atomic mass is 16.6. The van der Waals surface area contributed by atoms with Crippen LogP contribution >= 0.6 is 0 Å². The number of carbonyl (C=O) groups is 2. The van der Waals surface area contributed by atoms with Gasteiger partial charge in [-0.05, 0) is 83.4 Å². The number of carbonyl (C=O) groups excluding carboxylic acids is 2. The van der Waals surface area contributed by atoms with Gasteiger partial charge in [-0.3, -0.25) is 4.98 Å². The summed E-state index contributed by atoms with van der Waals surface area (Å²) < 4.78 is 17.8. The van der Waals surface area contributed by atoms with E-state index >= 15 is 0 Å². The highest BCUT2D eigenvalue weighted by Crippen LogP contribution is 2.40. The normalized spacial score (nSPS) is 11.3. The van der Waals surface area contributed by atoms with E-state index in [0.717, 1.165) is 22.4 Å². The summed E-state index contributed by atoms with van der Waals surface area (Å²) in [5.74, 6) is 0.0654. The van der Waals surface area contributed by atoms with Crippen molar-refractivity contribution in [3.05, 3.63) is 59.0 Å². The van der Waals surface area contributed by atoms with Crippen LogP contribution in [0.15, 0.2) is 36.5 Å². The van der Waals surface area contributed by atoms with Crippen molar-refractivity contribution in [1.82, 2.24) is 9.55 Å². The standard InChI is InChI=1S/C27H32N2O5/c1-9-33-25(30)24-23(21-14-16(2)13-17(3)28-21)20(15-29(24)26(31)34-27(5,6)7)19-11-10-12-22(32-8)18(19)4/h10-15H,9H2,1-8H3. The van der Waals surface area contributed by atoms with Crippen LogP contribution in [-0.2, 0) is 9.47 Å². The molecule has 180 valence electrons. The number of hydrogen-bond donors (Lipinski definition) is 0. The van der Waals surface area contributed by atoms with Crippen LogP contribution in [0.3, 0.4) is 0 Å². The van der Waals surface area contributed by atoms with E-state index in [9.17, 15) is 9.59 Å². The van der Waals surface area contributed by atoms with Gasteiger partial charge < -0.3 is 14.2 Å². The van der Waals surface area contributed by atoms with Gasteiger partial charge in [0.25, 0.3) is 0 Å². The Morgan fingerprint density at radius 2 is 1.76 bits per heavy atom. The first-order valence-electron chi connectivity index (χ1n) is 11.2. The van der Waals surface area contributed by atoms with Crippen molar-refractivity contribution >= 4 is 12.1 Å². The lowest BCUT2D eigenvalue weighted by molar-refractivity contribution is 0.0450. The second-order valence-corrected chi connectivity index (χ2v) is 9.14. The topological polar surface area (TPSA) is 79.7 Å². The average molecular weight is 465 g/mol. The number of rotatable bonds is 5. The Morgan fingerprint density at radius 1 is 1.06 bits per heavy atom. The SMILES string of the molecule is CCOC(=O)c1c(-c2cc(C)cc(C)n2)c(-c2cccc(OC)c2C)cn1C(=O)OC(C)(C)C. The van der Waals surface area contributed by atoms with Gasteiger partial charge in [0, 0.05) is 23.0 Å². The van der Waals surface area contributed by atoms with Crippen molar-refractivity contribution < 1.29 is 23.8 Å². The molecule has 3 aromatic rings. The third-order valence-corrected chi connectivity index (χ3v) is 5.21. The van der Waals surface area contributed by atoms with Gasteiger partial charge in [-0.1, -0.05) is 12.1 Å². The molecule has 0 bridgehead atoms. The van der Waals surface area contributed by atoms with E-state index in [0.29, 0.717) is 22.6 Å². The van der Waals surface area contributed by atoms with Crippen molar-refractivity contribution in [2.24, 2.45) is 0 Å². The smallest absolute Gasteiger partial charge is 0.419 e. The van der Waals surface area contributed by atoms with Gasteiger partial charge in [-0.2, -0.15) is 0 Å². The highest BCUT2D eigenvalue weighted by molar-refractivity contribution is 6.04. The maximum Gasteiger partial charge on any atom is 0.419 e. The fourth-order valence-electron chi connectivity index (χ4n) is 3.92. The fourth-order valence-corrected chi connectivity index (χ4v) is 3.92. The molecule has 7 heteroatoms. The van der Waals surface area contributed by atoms with E-state index in [-0.39, 0.29) is 12.3 Å². The van der Waals surface area contributed by atoms with Gasteiger partial charge in [0.1, 0.15) is 17.0 Å². The number of pyridine rings is 1. The first-order chi connectivity index (χ1) is 16.0. The van der Waals surface area contributed by atoms with Crippen LogP contribution in [0, 0.1) is 20.8 Å². The molecular weight excluding hydrogens is 432 g/mol. The Kier molecular flexibility index (Phi) is 7.15. The summed E-state index contributed by atoms with van der Waals surface area (Å²) in [5.41, 5.74) is 4.51. The third kappa shape index (κ3) is 5.14. The minimum absolute atomic E-state index is 0.0748. The lowest BCUT2D eigenvalue weighted by atomic mass is 9.95. The zero-order valence-corrected chi connectivity index (χ0v) is 21.1. The molecular formula is C27H32N2O5. The molecule has 0 atom stereocenters. The maximum atomic E-state index is 13.2. The molecule has 0 saturated carbocycles. The van der Waals surface area contributed by atoms with Crippen molar-refractivity contribution in [3.8, 4) is 28.1 Å². The van der Waals surface area contributed by atoms with Gasteiger partial charge in [0.2, 0.25) is 0 Å². The fraction of sp³-hybridized carbons (Fsp3) is 0.370. The van der Waals surface area contributed by atoms with Crippen molar-refractivity contribution in [2.45, 2.75) is 54.1 Å². The predicted molar refractivity (Wildman–Crippen MR) is 131 cm³/mol. The summed E-state index contributed by atoms with van der Waals surface area (Å²) in [5, 5.41) is 0. The van der Waals surface area contributed by atoms with E-state index in [4.69, 9.17) is 19.2 Å². The molecule has 0 amide bonds. The molecule has 2 heterocycles. The number of ether oxygens (including phenoxy) is 3. The summed E-state index contributed by atoms with van der Waals surface area (Å²) in [6, 6.07) is 9.51. The Balaban J connectivity index is 2.44. The van der Waals surface area contributed by atoms with Crippen LogP contribution < -0.4 is 4.74 Å². The van der Waals surface area contributed by atoms with Crippen molar-refractivity contribution in [2.75, 3.05) is 13.7 Å². The number of esters is 1. The number of benzene rings is 1. The summed E-state index contributed by atoms with van der Waals surface area (Å²) in [7, 11) is 1.61. The van der Waals surface area contributed by atoms with Gasteiger partial charge in [-0.25, -0.2) is 14.2 Å². The molecule has 0 fully saturated rings. The van der Waals surface area contributed by atoms with Crippen molar-refractivity contribution in [3.63, 3.8) is 0 Å². The summed E-state index contributed by atoms with van der Waals surface area (Å²) in [6.45, 7) is 13.0. The minimum Gasteiger partial charge on any atom is -0.496 e. The predicted octanol–water partition coefficient (Wildman–Crippen LogP) is 6.11. The van der Waals surface area contributed by atoms with Crippen LogP contribution in [-0.4, -0.2) is 40.9 Å². The number of hydrogen-bond acceptors (Lipinski definition) is 6. The van der Waals surface area contributed by atoms with E-state index in [1.165, 1.54) is 4.57 Å². The first-order valence-corrected chi connectivity index (χ1v) is 11.2. The maximum absolute atomic E-state index is 13.2. The third-order valence-electron chi connectivity index (χ3n) is 5.21. The molecule has 2 aromatic heterocycles. The van der Waals surface area contributed by atoms with Crippen LogP contribution in [0.5, 0.6) is 5.75 Å². The van der Waals surface area contributed by atoms with Crippen molar-refractivity contribution in [1.29, 1.82) is 0 Å². The number of aromatic nitrogens is 2. The number of methoxy groups -OCH3 is 1. The van der Waals surface area contributed by atoms with Gasteiger partial charge in [0.15, 0.2) is 0 Å². The Morgan fingerprint density at radius 3 is 2.35 bits per heavy atom. The zero-order chi connectivity index (χ0) is 25.2. The van der Waals surface area contributed by atoms with Crippen LogP contribution in [0.4, 0.5) is 4.79 Å². The molecule has 0 spiro atoms. The molecule has 0 radical (unpaired) electrons. The largest absolute Gasteiger partial charge is 0.496 e. The van der Waals surface area contributed by atoms with Gasteiger partial charge >= 0.3 is 12.1 Å². The molecule has 0 aliphatic heterocycles. The zero-order valence-electron chi connectivity index (χ0n) is 21.1. The molecule has 7 nitrogen and oxygen atoms in total. The second kappa shape index (κ2) is 9.71. The minimum atomic E-state index is -0.752. The van der Waals surface area contributed by atoms with E-state index in [1.807, 2.05) is 51.1 Å². The van der Waals surface area contributed by atoms with E-state index in [2.05, 4.69) is 0 Å². The molecule has 0 unspecified atom stereocenters. The number of aryl methyl sites for hydroxylation is 2. The summed E-state index contributed by atoms with van der Waals surface area (Å²) >= 11 is 0. The van der Waals surface area contributed by atoms with Crippen LogP contribution in [0.25, 0.3) is 22.4 Å². The van der Waals surface area contributed by atoms with E-state index < -0.39 is 17.7 Å². The van der Waals surface area contributed by atoms with E-state index in [1.54, 1.807) is 41.0 Å². The molecule has 0 saturated heterocycles. The monoisotopic (exact) mass is 464 g/mol. The van der Waals surface area contributed by atoms with Gasteiger partial charge in [-0.15, -0.1) is 0 Å².